The summed E-state index contributed by atoms with van der Waals surface area (Å²) in [7, 11) is -3.54. The number of benzene rings is 1. The van der Waals surface area contributed by atoms with E-state index in [2.05, 4.69) is 0 Å². The molecule has 0 amide bonds. The molecular weight excluding hydrogens is 200 g/mol. The van der Waals surface area contributed by atoms with Crippen LogP contribution in [0.3, 0.4) is 0 Å². The van der Waals surface area contributed by atoms with Gasteiger partial charge in [0, 0.05) is 0 Å². The van der Waals surface area contributed by atoms with E-state index < -0.39 is 15.6 Å². The minimum absolute atomic E-state index is 0.0321. The van der Waals surface area contributed by atoms with Crippen LogP contribution >= 0.6 is 0 Å². The molecular formula is C9H10N2O2S. The Labute approximate surface area is 82.9 Å². The normalized spacial score (nSPS) is 10.9. The van der Waals surface area contributed by atoms with Crippen molar-refractivity contribution in [3.05, 3.63) is 23.8 Å². The van der Waals surface area contributed by atoms with E-state index in [0.717, 1.165) is 5.56 Å². The zero-order valence-corrected chi connectivity index (χ0v) is 8.50. The fraction of sp³-hybridized carbons (Fsp3) is 0.222. The number of nitrogens with zero attached hydrogens (tertiary/aromatic N) is 1. The minimum atomic E-state index is -3.54. The maximum atomic E-state index is 11.5. The maximum absolute atomic E-state index is 11.5. The van der Waals surface area contributed by atoms with Crippen LogP contribution in [0.2, 0.25) is 0 Å². The highest BCUT2D eigenvalue weighted by Gasteiger charge is 2.16. The molecule has 0 aliphatic rings. The van der Waals surface area contributed by atoms with E-state index >= 15 is 0 Å². The summed E-state index contributed by atoms with van der Waals surface area (Å²) in [6.07, 6.45) is 0. The van der Waals surface area contributed by atoms with Crippen molar-refractivity contribution in [1.82, 2.24) is 0 Å². The number of sulfone groups is 1. The molecule has 1 rings (SSSR count). The Bertz CT molecular complexity index is 486. The van der Waals surface area contributed by atoms with Crippen LogP contribution in [0.15, 0.2) is 23.1 Å². The lowest BCUT2D eigenvalue weighted by Gasteiger charge is -2.04. The summed E-state index contributed by atoms with van der Waals surface area (Å²) in [4.78, 5) is 0.0321. The van der Waals surface area contributed by atoms with Gasteiger partial charge < -0.3 is 5.73 Å². The summed E-state index contributed by atoms with van der Waals surface area (Å²) in [6, 6.07) is 6.26. The molecule has 0 aliphatic carbocycles. The van der Waals surface area contributed by atoms with Crippen molar-refractivity contribution in [1.29, 1.82) is 5.26 Å². The van der Waals surface area contributed by atoms with Gasteiger partial charge in [0.15, 0.2) is 9.84 Å². The average Bonchev–Trinajstić information content (AvgIpc) is 2.02. The molecule has 0 atom stereocenters. The first-order valence-electron chi connectivity index (χ1n) is 3.93. The number of anilines is 1. The third kappa shape index (κ3) is 2.03. The smallest absolute Gasteiger partial charge is 0.193 e. The first-order chi connectivity index (χ1) is 6.47. The number of hydrogen-bond donors (Lipinski definition) is 1. The van der Waals surface area contributed by atoms with E-state index in [4.69, 9.17) is 11.0 Å². The molecule has 0 heterocycles. The summed E-state index contributed by atoms with van der Waals surface area (Å²) in [5.41, 5.74) is 6.63. The summed E-state index contributed by atoms with van der Waals surface area (Å²) < 4.78 is 22.9. The first-order valence-corrected chi connectivity index (χ1v) is 5.58. The molecule has 1 aromatic carbocycles. The van der Waals surface area contributed by atoms with E-state index in [-0.39, 0.29) is 10.6 Å². The number of aryl methyl sites for hydroxylation is 1. The SMILES string of the molecule is Cc1ccc(S(=O)(=O)CC#N)c(N)c1. The zero-order valence-electron chi connectivity index (χ0n) is 7.69. The van der Waals surface area contributed by atoms with Crippen LogP contribution in [0.25, 0.3) is 0 Å². The molecule has 2 N–H and O–H groups in total. The van der Waals surface area contributed by atoms with Crippen LogP contribution in [0, 0.1) is 18.3 Å². The Morgan fingerprint density at radius 2 is 2.14 bits per heavy atom. The highest BCUT2D eigenvalue weighted by molar-refractivity contribution is 7.91. The molecule has 0 radical (unpaired) electrons. The van der Waals surface area contributed by atoms with E-state index in [9.17, 15) is 8.42 Å². The van der Waals surface area contributed by atoms with Gasteiger partial charge in [-0.1, -0.05) is 6.07 Å². The monoisotopic (exact) mass is 210 g/mol. The molecule has 5 heteroatoms. The van der Waals surface area contributed by atoms with E-state index in [1.165, 1.54) is 6.07 Å². The number of nitriles is 1. The van der Waals surface area contributed by atoms with Gasteiger partial charge >= 0.3 is 0 Å². The largest absolute Gasteiger partial charge is 0.398 e. The van der Waals surface area contributed by atoms with Crippen LogP contribution in [-0.2, 0) is 9.84 Å². The summed E-state index contributed by atoms with van der Waals surface area (Å²) >= 11 is 0. The zero-order chi connectivity index (χ0) is 10.8. The Morgan fingerprint density at radius 1 is 1.50 bits per heavy atom. The van der Waals surface area contributed by atoms with Gasteiger partial charge in [0.05, 0.1) is 16.7 Å². The molecule has 0 fully saturated rings. The fourth-order valence-corrected chi connectivity index (χ4v) is 2.13. The molecule has 0 aromatic heterocycles. The van der Waals surface area contributed by atoms with E-state index in [1.807, 2.05) is 6.92 Å². The van der Waals surface area contributed by atoms with Crippen molar-refractivity contribution in [2.45, 2.75) is 11.8 Å². The molecule has 0 saturated heterocycles. The third-order valence-corrected chi connectivity index (χ3v) is 3.31. The molecule has 0 bridgehead atoms. The van der Waals surface area contributed by atoms with E-state index in [1.54, 1.807) is 18.2 Å². The van der Waals surface area contributed by atoms with Gasteiger partial charge in [0.1, 0.15) is 5.75 Å². The highest BCUT2D eigenvalue weighted by atomic mass is 32.2. The number of nitrogens with two attached hydrogens (primary N) is 1. The molecule has 74 valence electrons. The molecule has 1 aromatic rings. The van der Waals surface area contributed by atoms with Gasteiger partial charge in [-0.2, -0.15) is 5.26 Å². The van der Waals surface area contributed by atoms with Crippen molar-refractivity contribution < 1.29 is 8.42 Å². The Balaban J connectivity index is 3.29. The van der Waals surface area contributed by atoms with Gasteiger partial charge in [-0.15, -0.1) is 0 Å². The number of nitrogen functional groups attached to an aromatic ring is 1. The lowest BCUT2D eigenvalue weighted by Crippen LogP contribution is -2.08. The fourth-order valence-electron chi connectivity index (χ4n) is 1.11. The lowest BCUT2D eigenvalue weighted by atomic mass is 10.2. The molecule has 14 heavy (non-hydrogen) atoms. The second-order valence-corrected chi connectivity index (χ2v) is 4.92. The van der Waals surface area contributed by atoms with Gasteiger partial charge in [0.25, 0.3) is 0 Å². The number of hydrogen-bond acceptors (Lipinski definition) is 4. The van der Waals surface area contributed by atoms with Crippen molar-refractivity contribution >= 4 is 15.5 Å². The van der Waals surface area contributed by atoms with Crippen LogP contribution in [-0.4, -0.2) is 14.2 Å². The van der Waals surface area contributed by atoms with Gasteiger partial charge in [-0.25, -0.2) is 8.42 Å². The Kier molecular flexibility index (Phi) is 2.77. The first kappa shape index (κ1) is 10.5. The predicted octanol–water partition coefficient (Wildman–Crippen LogP) is 0.875. The predicted molar refractivity (Wildman–Crippen MR) is 53.3 cm³/mol. The number of rotatable bonds is 2. The average molecular weight is 210 g/mol. The summed E-state index contributed by atoms with van der Waals surface area (Å²) in [5, 5.41) is 8.34. The molecule has 0 saturated carbocycles. The third-order valence-electron chi connectivity index (χ3n) is 1.75. The topological polar surface area (TPSA) is 84.0 Å². The van der Waals surface area contributed by atoms with Gasteiger partial charge in [-0.3, -0.25) is 0 Å². The Hall–Kier alpha value is -1.54. The van der Waals surface area contributed by atoms with Crippen LogP contribution < -0.4 is 5.73 Å². The Morgan fingerprint density at radius 3 is 2.64 bits per heavy atom. The molecule has 0 unspecified atom stereocenters. The van der Waals surface area contributed by atoms with Crippen LogP contribution in [0.1, 0.15) is 5.56 Å². The summed E-state index contributed by atoms with van der Waals surface area (Å²) in [6.45, 7) is 1.82. The standard InChI is InChI=1S/C9H10N2O2S/c1-7-2-3-9(8(11)6-7)14(12,13)5-4-10/h2-3,6H,5,11H2,1H3. The molecule has 0 aliphatic heterocycles. The van der Waals surface area contributed by atoms with Crippen molar-refractivity contribution in [2.24, 2.45) is 0 Å². The second-order valence-electron chi connectivity index (χ2n) is 2.96. The minimum Gasteiger partial charge on any atom is -0.398 e. The van der Waals surface area contributed by atoms with Crippen molar-refractivity contribution in [2.75, 3.05) is 11.5 Å². The van der Waals surface area contributed by atoms with Crippen LogP contribution in [0.4, 0.5) is 5.69 Å². The summed E-state index contributed by atoms with van der Waals surface area (Å²) in [5.74, 6) is -0.541. The van der Waals surface area contributed by atoms with E-state index in [0.29, 0.717) is 0 Å². The van der Waals surface area contributed by atoms with Gasteiger partial charge in [-0.05, 0) is 24.6 Å². The molecule has 4 nitrogen and oxygen atoms in total. The maximum Gasteiger partial charge on any atom is 0.193 e. The van der Waals surface area contributed by atoms with Crippen molar-refractivity contribution in [3.8, 4) is 6.07 Å². The molecule has 0 spiro atoms. The second kappa shape index (κ2) is 3.68. The van der Waals surface area contributed by atoms with Crippen LogP contribution in [0.5, 0.6) is 0 Å². The lowest BCUT2D eigenvalue weighted by molar-refractivity contribution is 0.599. The highest BCUT2D eigenvalue weighted by Crippen LogP contribution is 2.20. The van der Waals surface area contributed by atoms with Gasteiger partial charge in [0.2, 0.25) is 0 Å². The quantitative estimate of drug-likeness (QED) is 0.734. The van der Waals surface area contributed by atoms with Crippen molar-refractivity contribution in [3.63, 3.8) is 0 Å².